The topological polar surface area (TPSA) is 130 Å². The molecule has 8 nitrogen and oxygen atoms in total. The van der Waals surface area contributed by atoms with Gasteiger partial charge in [0.15, 0.2) is 6.08 Å². The number of rotatable bonds is 6. The molecular formula is C20H19NO7S. The van der Waals surface area contributed by atoms with Crippen molar-refractivity contribution in [3.63, 3.8) is 0 Å². The highest BCUT2D eigenvalue weighted by molar-refractivity contribution is 7.86. The van der Waals surface area contributed by atoms with E-state index in [1.54, 1.807) is 12.1 Å². The molecule has 1 aliphatic heterocycles. The fraction of sp³-hybridized carbons (Fsp3) is 0.200. The third-order valence-electron chi connectivity index (χ3n) is 3.39. The van der Waals surface area contributed by atoms with Gasteiger partial charge in [0.05, 0.1) is 11.0 Å². The van der Waals surface area contributed by atoms with E-state index in [-0.39, 0.29) is 11.7 Å². The van der Waals surface area contributed by atoms with Gasteiger partial charge in [-0.2, -0.15) is 18.0 Å². The van der Waals surface area contributed by atoms with Gasteiger partial charge in [0.25, 0.3) is 0 Å². The summed E-state index contributed by atoms with van der Waals surface area (Å²) in [6, 6.07) is 1.10. The van der Waals surface area contributed by atoms with Crippen LogP contribution in [0.5, 0.6) is 0 Å². The van der Waals surface area contributed by atoms with Crippen molar-refractivity contribution in [1.29, 1.82) is 0 Å². The highest BCUT2D eigenvalue weighted by Gasteiger charge is 2.39. The summed E-state index contributed by atoms with van der Waals surface area (Å²) >= 11 is 0. The second-order valence-electron chi connectivity index (χ2n) is 5.23. The molecule has 1 heterocycles. The fourth-order valence-corrected chi connectivity index (χ4v) is 2.91. The van der Waals surface area contributed by atoms with Crippen molar-refractivity contribution in [2.24, 2.45) is 5.73 Å². The monoisotopic (exact) mass is 425 g/mol. The van der Waals surface area contributed by atoms with Gasteiger partial charge >= 0.3 is 16.3 Å². The Morgan fingerprint density at radius 3 is 2.34 bits per heavy atom. The zero-order valence-corrected chi connectivity index (χ0v) is 15.7. The highest BCUT2D eigenvalue weighted by atomic mass is 32.2. The maximum atomic E-state index is 12.9. The third-order valence-corrected chi connectivity index (χ3v) is 4.23. The maximum absolute atomic E-state index is 12.9. The summed E-state index contributed by atoms with van der Waals surface area (Å²) in [5.41, 5.74) is 1.59. The van der Waals surface area contributed by atoms with Crippen LogP contribution in [-0.4, -0.2) is 20.4 Å². The number of benzene rings is 2. The fourth-order valence-electron chi connectivity index (χ4n) is 2.13. The molecule has 0 amide bonds. The minimum absolute atomic E-state index is 0.0160. The molecule has 0 saturated carbocycles. The van der Waals surface area contributed by atoms with Crippen molar-refractivity contribution in [2.45, 2.75) is 25.1 Å². The van der Waals surface area contributed by atoms with E-state index in [1.165, 1.54) is 12.1 Å². The summed E-state index contributed by atoms with van der Waals surface area (Å²) in [6.07, 6.45) is -1.57. The Kier molecular flexibility index (Phi) is 4.31. The number of carbonyl (C=O) groups is 1. The summed E-state index contributed by atoms with van der Waals surface area (Å²) < 4.78 is 98.5. The van der Waals surface area contributed by atoms with Crippen molar-refractivity contribution < 1.29 is 42.7 Å². The van der Waals surface area contributed by atoms with E-state index in [4.69, 9.17) is 31.0 Å². The number of ketones is 1. The van der Waals surface area contributed by atoms with E-state index in [0.29, 0.717) is 6.42 Å². The molecule has 1 aliphatic rings. The number of hydrogen-bond donors (Lipinski definition) is 1. The molecule has 0 unspecified atom stereocenters. The predicted octanol–water partition coefficient (Wildman–Crippen LogP) is 1.98. The molecule has 9 heteroatoms. The number of Topliss-reactive ketones (excluding diaryl/α,β-unsaturated/α-hetero) is 1. The maximum Gasteiger partial charge on any atom is 0.373 e. The second-order valence-corrected chi connectivity index (χ2v) is 6.51. The minimum Gasteiger partial charge on any atom is -0.460 e. The summed E-state index contributed by atoms with van der Waals surface area (Å²) in [7, 11) is -5.55. The molecule has 2 aromatic rings. The van der Waals surface area contributed by atoms with Gasteiger partial charge in [0.1, 0.15) is 5.70 Å². The zero-order chi connectivity index (χ0) is 28.5. The number of aryl methyl sites for hydroxylation is 1. The predicted molar refractivity (Wildman–Crippen MR) is 101 cm³/mol. The van der Waals surface area contributed by atoms with E-state index in [2.05, 4.69) is 4.18 Å². The summed E-state index contributed by atoms with van der Waals surface area (Å²) in [5.74, 6) is -3.37. The van der Waals surface area contributed by atoms with Gasteiger partial charge in [0.2, 0.25) is 17.4 Å². The van der Waals surface area contributed by atoms with Crippen LogP contribution in [0.25, 0.3) is 0 Å². The average molecular weight is 425 g/mol. The van der Waals surface area contributed by atoms with Crippen LogP contribution in [-0.2, 0) is 45.5 Å². The highest BCUT2D eigenvalue weighted by Crippen LogP contribution is 2.32. The van der Waals surface area contributed by atoms with Crippen LogP contribution >= 0.6 is 0 Å². The molecule has 0 radical (unpaired) electrons. The average Bonchev–Trinajstić information content (AvgIpc) is 3.05. The van der Waals surface area contributed by atoms with Crippen LogP contribution in [0.15, 0.2) is 66.1 Å². The molecule has 152 valence electrons. The van der Waals surface area contributed by atoms with Gasteiger partial charge in [-0.3, -0.25) is 4.79 Å². The third kappa shape index (κ3) is 5.78. The first-order valence-corrected chi connectivity index (χ1v) is 9.26. The van der Waals surface area contributed by atoms with Crippen LogP contribution in [0.4, 0.5) is 0 Å². The quantitative estimate of drug-likeness (QED) is 0.695. The van der Waals surface area contributed by atoms with Gasteiger partial charge in [-0.25, -0.2) is 0 Å². The van der Waals surface area contributed by atoms with Gasteiger partial charge in [-0.05, 0) is 17.5 Å². The molecule has 0 aliphatic carbocycles. The first-order chi connectivity index (χ1) is 17.0. The lowest BCUT2D eigenvalue weighted by atomic mass is 10.0. The van der Waals surface area contributed by atoms with Crippen LogP contribution in [0.2, 0.25) is 0 Å². The van der Waals surface area contributed by atoms with Crippen LogP contribution in [0, 0.1) is 0 Å². The first kappa shape index (κ1) is 12.9. The lowest BCUT2D eigenvalue weighted by molar-refractivity contribution is -0.191. The van der Waals surface area contributed by atoms with Crippen LogP contribution in [0.3, 0.4) is 0 Å². The van der Waals surface area contributed by atoms with Crippen molar-refractivity contribution in [3.05, 3.63) is 82.8 Å². The standard InChI is InChI=1S/C19H19NO5S.CO2/c1-2-13-8-10-15(11-9-13)17-16(21)18(19(20)24-17)25-26(22,23)12-14-6-4-3-5-7-14;2-1-3/h3-11,17H,2,12,20H2,1H3;/t17-;/m1./s1/i3D,4D,5D,6D,7D,12D2,17D;. The van der Waals surface area contributed by atoms with Gasteiger partial charge in [0, 0.05) is 5.56 Å². The molecule has 0 fully saturated rings. The number of nitrogens with two attached hydrogens (primary N) is 1. The van der Waals surface area contributed by atoms with Crippen molar-refractivity contribution in [1.82, 2.24) is 0 Å². The molecule has 29 heavy (non-hydrogen) atoms. The Morgan fingerprint density at radius 1 is 1.21 bits per heavy atom. The van der Waals surface area contributed by atoms with E-state index < -0.39 is 75.1 Å². The zero-order valence-electron chi connectivity index (χ0n) is 22.9. The van der Waals surface area contributed by atoms with Gasteiger partial charge < -0.3 is 14.7 Å². The van der Waals surface area contributed by atoms with E-state index in [9.17, 15) is 13.2 Å². The summed E-state index contributed by atoms with van der Waals surface area (Å²) in [4.78, 5) is 29.1. The van der Waals surface area contributed by atoms with Gasteiger partial charge in [-0.1, -0.05) is 61.4 Å². The molecule has 0 bridgehead atoms. The van der Waals surface area contributed by atoms with Crippen LogP contribution in [0.1, 0.15) is 40.7 Å². The SMILES string of the molecule is O=C=O.[2H]c1c([2H])c([2H])c(C([2H])([2H])S(=O)(=O)OC2=C(N)O[C@]([2H])(c3ccc(CC)cc3)C2=O)c([2H])c1[2H]. The molecule has 2 aromatic carbocycles. The molecular weight excluding hydrogens is 398 g/mol. The van der Waals surface area contributed by atoms with E-state index >= 15 is 0 Å². The van der Waals surface area contributed by atoms with Gasteiger partial charge in [-0.15, -0.1) is 0 Å². The second kappa shape index (κ2) is 9.68. The van der Waals surface area contributed by atoms with E-state index in [0.717, 1.165) is 5.56 Å². The Bertz CT molecular complexity index is 1390. The van der Waals surface area contributed by atoms with Crippen LogP contribution < -0.4 is 5.73 Å². The molecule has 0 spiro atoms. The number of carbonyl (C=O) groups excluding carboxylic acids is 3. The number of ether oxygens (including phenoxy) is 1. The summed E-state index contributed by atoms with van der Waals surface area (Å²) in [5, 5.41) is 0. The minimum atomic E-state index is -5.55. The van der Waals surface area contributed by atoms with E-state index in [1.807, 2.05) is 6.92 Å². The van der Waals surface area contributed by atoms with Crippen molar-refractivity contribution in [3.8, 4) is 0 Å². The molecule has 1 atom stereocenters. The number of hydrogen-bond acceptors (Lipinski definition) is 8. The largest absolute Gasteiger partial charge is 0.460 e. The normalized spacial score (nSPS) is 22.7. The smallest absolute Gasteiger partial charge is 0.373 e. The molecule has 3 rings (SSSR count). The lowest BCUT2D eigenvalue weighted by Gasteiger charge is -2.10. The molecule has 2 N–H and O–H groups in total. The Balaban J connectivity index is 0.00000153. The first-order valence-electron chi connectivity index (χ1n) is 11.8. The Morgan fingerprint density at radius 2 is 1.79 bits per heavy atom. The molecule has 0 aromatic heterocycles. The van der Waals surface area contributed by atoms with Crippen molar-refractivity contribution in [2.75, 3.05) is 0 Å². The Labute approximate surface area is 179 Å². The Hall–Kier alpha value is -3.42. The molecule has 0 saturated heterocycles. The lowest BCUT2D eigenvalue weighted by Crippen LogP contribution is -2.16. The summed E-state index contributed by atoms with van der Waals surface area (Å²) in [6.45, 7) is 1.89. The van der Waals surface area contributed by atoms with Crippen molar-refractivity contribution >= 4 is 22.1 Å².